The zero-order valence-corrected chi connectivity index (χ0v) is 24.0. The van der Waals surface area contributed by atoms with E-state index in [1.807, 2.05) is 7.05 Å². The Labute approximate surface area is 228 Å². The van der Waals surface area contributed by atoms with Gasteiger partial charge in [0.05, 0.1) is 26.0 Å². The molecular weight excluding hydrogens is 516 g/mol. The second kappa shape index (κ2) is 22.5. The molecule has 0 unspecified atom stereocenters. The number of aliphatic hydroxyl groups excluding tert-OH is 4. The fraction of sp³-hybridized carbons (Fsp3) is 0.625. The Bertz CT molecular complexity index is 999. The van der Waals surface area contributed by atoms with E-state index in [1.54, 1.807) is 46.9 Å². The van der Waals surface area contributed by atoms with Gasteiger partial charge in [-0.25, -0.2) is 9.48 Å². The first-order chi connectivity index (χ1) is 18.4. The monoisotopic (exact) mass is 560 g/mol. The van der Waals surface area contributed by atoms with Gasteiger partial charge in [0.15, 0.2) is 24.1 Å². The van der Waals surface area contributed by atoms with Gasteiger partial charge in [0, 0.05) is 34.1 Å². The van der Waals surface area contributed by atoms with E-state index in [1.165, 1.54) is 15.3 Å². The number of aromatic nitrogens is 3. The summed E-state index contributed by atoms with van der Waals surface area (Å²) < 4.78 is 12.4. The summed E-state index contributed by atoms with van der Waals surface area (Å²) in [5, 5.41) is 41.2. The predicted molar refractivity (Wildman–Crippen MR) is 146 cm³/mol. The van der Waals surface area contributed by atoms with Gasteiger partial charge in [0.25, 0.3) is 5.90 Å². The number of aryl methyl sites for hydroxylation is 1. The second-order valence-corrected chi connectivity index (χ2v) is 7.59. The van der Waals surface area contributed by atoms with Crippen molar-refractivity contribution < 1.29 is 39.5 Å². The highest BCUT2D eigenvalue weighted by molar-refractivity contribution is 6.37. The van der Waals surface area contributed by atoms with Gasteiger partial charge in [0.1, 0.15) is 19.9 Å². The van der Waals surface area contributed by atoms with Crippen molar-refractivity contribution in [3.05, 3.63) is 40.4 Å². The first-order valence-electron chi connectivity index (χ1n) is 12.0. The van der Waals surface area contributed by atoms with Crippen molar-refractivity contribution in [1.82, 2.24) is 19.2 Å². The van der Waals surface area contributed by atoms with E-state index in [4.69, 9.17) is 34.7 Å². The Morgan fingerprint density at radius 1 is 1.23 bits per heavy atom. The first kappa shape index (κ1) is 37.6. The van der Waals surface area contributed by atoms with E-state index in [0.717, 1.165) is 0 Å². The third-order valence-electron chi connectivity index (χ3n) is 4.79. The molecule has 15 heteroatoms. The molecule has 15 nitrogen and oxygen atoms in total. The van der Waals surface area contributed by atoms with Gasteiger partial charge in [-0.3, -0.25) is 14.4 Å². The summed E-state index contributed by atoms with van der Waals surface area (Å²) in [7, 11) is 6.47. The average molecular weight is 561 g/mol. The Balaban J connectivity index is 0. The zero-order valence-electron chi connectivity index (χ0n) is 24.0. The number of carbonyl (C=O) groups is 1. The van der Waals surface area contributed by atoms with Gasteiger partial charge < -0.3 is 39.6 Å². The van der Waals surface area contributed by atoms with E-state index < -0.39 is 0 Å². The number of carbonyl (C=O) groups excluding carboxylic acids is 1. The van der Waals surface area contributed by atoms with Crippen LogP contribution < -0.4 is 5.69 Å². The summed E-state index contributed by atoms with van der Waals surface area (Å²) in [6.07, 6.45) is 2.04. The molecule has 2 heterocycles. The van der Waals surface area contributed by atoms with Crippen molar-refractivity contribution in [2.45, 2.75) is 33.8 Å². The number of aliphatic imine (C=N–C) groups is 1. The van der Waals surface area contributed by atoms with Crippen molar-refractivity contribution in [3.63, 3.8) is 0 Å². The highest BCUT2D eigenvalue weighted by atomic mass is 16.7. The molecule has 39 heavy (non-hydrogen) atoms. The number of likely N-dealkylation sites (N-methyl/N-ethyl adjacent to an activating group) is 1. The van der Waals surface area contributed by atoms with Gasteiger partial charge in [-0.2, -0.15) is 5.10 Å². The summed E-state index contributed by atoms with van der Waals surface area (Å²) in [6, 6.07) is 0. The van der Waals surface area contributed by atoms with Gasteiger partial charge in [-0.1, -0.05) is 13.0 Å². The van der Waals surface area contributed by atoms with Crippen molar-refractivity contribution in [1.29, 1.82) is 0 Å². The number of aliphatic hydroxyl groups is 4. The molecule has 2 rings (SSSR count). The minimum Gasteiger partial charge on any atom is -0.483 e. The van der Waals surface area contributed by atoms with Gasteiger partial charge in [0.2, 0.25) is 0 Å². The van der Waals surface area contributed by atoms with E-state index in [9.17, 15) is 9.59 Å². The molecule has 0 amide bonds. The number of ketones is 1. The lowest BCUT2D eigenvalue weighted by Crippen LogP contribution is -2.22. The molecule has 0 fully saturated rings. The average Bonchev–Trinajstić information content (AvgIpc) is 3.20. The number of nitrogens with zero attached hydrogens (tertiary/aromatic N) is 6. The maximum atomic E-state index is 10.9. The fourth-order valence-corrected chi connectivity index (χ4v) is 2.36. The molecule has 0 radical (unpaired) electrons. The van der Waals surface area contributed by atoms with Gasteiger partial charge in [-0.15, -0.1) is 0 Å². The summed E-state index contributed by atoms with van der Waals surface area (Å²) in [5.74, 6) is 1.41. The Morgan fingerprint density at radius 2 is 1.87 bits per heavy atom. The quantitative estimate of drug-likeness (QED) is 0.161. The molecule has 1 aliphatic rings. The molecule has 0 aromatic carbocycles. The minimum absolute atomic E-state index is 0.0441. The summed E-state index contributed by atoms with van der Waals surface area (Å²) in [6.45, 7) is 9.93. The molecule has 0 atom stereocenters. The van der Waals surface area contributed by atoms with Crippen molar-refractivity contribution >= 4 is 17.4 Å². The van der Waals surface area contributed by atoms with Crippen LogP contribution in [0.1, 0.15) is 33.0 Å². The van der Waals surface area contributed by atoms with Gasteiger partial charge >= 0.3 is 5.69 Å². The van der Waals surface area contributed by atoms with E-state index in [-0.39, 0.29) is 38.0 Å². The molecule has 224 valence electrons. The summed E-state index contributed by atoms with van der Waals surface area (Å²) in [5.41, 5.74) is 0.983. The molecular formula is C24H44N6O9. The van der Waals surface area contributed by atoms with Crippen LogP contribution in [0.2, 0.25) is 0 Å². The third-order valence-corrected chi connectivity index (χ3v) is 4.79. The van der Waals surface area contributed by atoms with Crippen LogP contribution in [0.4, 0.5) is 0 Å². The lowest BCUT2D eigenvalue weighted by molar-refractivity contribution is -0.115. The van der Waals surface area contributed by atoms with Crippen LogP contribution in [-0.2, 0) is 39.8 Å². The number of hydrogen-bond acceptors (Lipinski definition) is 13. The second-order valence-electron chi connectivity index (χ2n) is 7.59. The van der Waals surface area contributed by atoms with Crippen molar-refractivity contribution in [2.24, 2.45) is 24.2 Å². The number of Topliss-reactive ketones (excluding diaryl/α,β-unsaturated/α-hetero) is 1. The number of oxime groups is 1. The maximum absolute atomic E-state index is 10.9. The largest absolute Gasteiger partial charge is 0.483 e. The van der Waals surface area contributed by atoms with Crippen LogP contribution in [0.3, 0.4) is 0 Å². The standard InChI is InChI=1S/C7H12O2.C6H10N2O3.C6H13NO2.C5H9N3O2/c1-3-7(9)6(2)4-5-8;1-5(7-4-9)6-8-11-3-2-10-6;1-6(9-3)7(2)4-5-8;1-7-4(3-9)6-8(2)5(7)10/h4,8H,3,5H2,1-2H3;9H,2-4H2,1H3;8H,1,4-5H2,2-3H3;9H,3H2,1-2H3/b6-4+;;;. The number of rotatable bonds is 10. The van der Waals surface area contributed by atoms with E-state index in [2.05, 4.69) is 21.8 Å². The topological polar surface area (TPSA) is 193 Å². The lowest BCUT2D eigenvalue weighted by Gasteiger charge is -2.17. The smallest absolute Gasteiger partial charge is 0.345 e. The van der Waals surface area contributed by atoms with Gasteiger partial charge in [-0.05, 0) is 31.2 Å². The zero-order chi connectivity index (χ0) is 30.4. The number of allylic oxidation sites excluding steroid dienone is 1. The fourth-order valence-electron chi connectivity index (χ4n) is 2.36. The van der Waals surface area contributed by atoms with Crippen LogP contribution in [0.15, 0.2) is 39.1 Å². The molecule has 0 aliphatic carbocycles. The highest BCUT2D eigenvalue weighted by Crippen LogP contribution is 1.97. The van der Waals surface area contributed by atoms with Crippen LogP contribution in [0, 0.1) is 0 Å². The molecule has 1 aromatic heterocycles. The molecule has 1 aromatic rings. The third kappa shape index (κ3) is 16.1. The molecule has 0 bridgehead atoms. The van der Waals surface area contributed by atoms with Crippen LogP contribution >= 0.6 is 0 Å². The van der Waals surface area contributed by atoms with Crippen LogP contribution in [-0.4, -0.2) is 111 Å². The van der Waals surface area contributed by atoms with Crippen LogP contribution in [0.5, 0.6) is 0 Å². The predicted octanol–water partition coefficient (Wildman–Crippen LogP) is -0.699. The molecule has 0 saturated heterocycles. The number of methoxy groups -OCH3 is 1. The normalized spacial score (nSPS) is 12.5. The number of ether oxygens (including phenoxy) is 2. The number of hydrogen-bond donors (Lipinski definition) is 4. The Morgan fingerprint density at radius 3 is 2.23 bits per heavy atom. The summed E-state index contributed by atoms with van der Waals surface area (Å²) in [4.78, 5) is 31.8. The van der Waals surface area contributed by atoms with Crippen LogP contribution in [0.25, 0.3) is 0 Å². The molecule has 4 N–H and O–H groups in total. The van der Waals surface area contributed by atoms with E-state index in [0.29, 0.717) is 55.1 Å². The Kier molecular flexibility index (Phi) is 21.7. The van der Waals surface area contributed by atoms with Crippen molar-refractivity contribution in [3.8, 4) is 0 Å². The summed E-state index contributed by atoms with van der Waals surface area (Å²) >= 11 is 0. The van der Waals surface area contributed by atoms with E-state index >= 15 is 0 Å². The molecule has 0 saturated carbocycles. The first-order valence-corrected chi connectivity index (χ1v) is 12.0. The highest BCUT2D eigenvalue weighted by Gasteiger charge is 2.09. The lowest BCUT2D eigenvalue weighted by atomic mass is 10.1. The molecule has 1 aliphatic heterocycles. The Hall–Kier alpha value is -3.53. The minimum atomic E-state index is -0.256. The maximum Gasteiger partial charge on any atom is 0.345 e. The SMILES string of the molecule is C=C(OC)N(C)CCO.CC(=NCO)C1=NOCCO1.CCC(=O)/C(C)=C/CO.Cn1nc(CO)n(C)c1=O. The van der Waals surface area contributed by atoms with Crippen molar-refractivity contribution in [2.75, 3.05) is 53.9 Å². The molecule has 0 spiro atoms.